The SMILES string of the molecule is COc1ccc(C2(c3ccccc3)C[N+](OC)(c3ccccc3OC)C(OC)CN2C(C)=O)cc1OC. The normalized spacial score (nSPS) is 23.4. The lowest BCUT2D eigenvalue weighted by Gasteiger charge is -2.55. The number of amides is 1. The summed E-state index contributed by atoms with van der Waals surface area (Å²) in [7, 11) is 8.14. The Morgan fingerprint density at radius 3 is 2.05 bits per heavy atom. The maximum Gasteiger partial charge on any atom is 0.246 e. The maximum absolute atomic E-state index is 13.4. The number of hydrogen-bond donors (Lipinski definition) is 0. The van der Waals surface area contributed by atoms with Crippen LogP contribution >= 0.6 is 0 Å². The third-order valence-corrected chi connectivity index (χ3v) is 7.31. The van der Waals surface area contributed by atoms with Gasteiger partial charge in [0.15, 0.2) is 17.2 Å². The molecule has 3 atom stereocenters. The summed E-state index contributed by atoms with van der Waals surface area (Å²) in [5.74, 6) is 1.75. The van der Waals surface area contributed by atoms with E-state index in [0.29, 0.717) is 23.8 Å². The van der Waals surface area contributed by atoms with Gasteiger partial charge in [0, 0.05) is 20.1 Å². The molecule has 4 rings (SSSR count). The fourth-order valence-electron chi connectivity index (χ4n) is 5.54. The minimum absolute atomic E-state index is 0.0342. The Morgan fingerprint density at radius 1 is 0.811 bits per heavy atom. The fourth-order valence-corrected chi connectivity index (χ4v) is 5.54. The van der Waals surface area contributed by atoms with Gasteiger partial charge < -0.3 is 23.8 Å². The molecule has 0 N–H and O–H groups in total. The van der Waals surface area contributed by atoms with E-state index in [1.165, 1.54) is 0 Å². The minimum Gasteiger partial charge on any atom is -0.493 e. The van der Waals surface area contributed by atoms with Gasteiger partial charge in [0.25, 0.3) is 0 Å². The predicted octanol–water partition coefficient (Wildman–Crippen LogP) is 4.36. The lowest BCUT2D eigenvalue weighted by molar-refractivity contribution is -0.259. The van der Waals surface area contributed by atoms with E-state index in [1.807, 2.05) is 77.7 Å². The molecule has 196 valence electrons. The van der Waals surface area contributed by atoms with Gasteiger partial charge in [0.2, 0.25) is 17.8 Å². The minimum atomic E-state index is -0.946. The number of hydroxylamine groups is 2. The summed E-state index contributed by atoms with van der Waals surface area (Å²) in [6.45, 7) is 2.16. The standard InChI is InChI=1S/C29H35N2O6/c1-21(32)30-19-28(36-5)31(37-6,24-14-10-11-15-25(24)33-2)20-29(30,22-12-8-7-9-13-22)23-16-17-26(34-3)27(18-23)35-4/h7-18,28H,19-20H2,1-6H3/q+1. The van der Waals surface area contributed by atoms with Crippen molar-refractivity contribution in [3.05, 3.63) is 83.9 Å². The number of carbonyl (C=O) groups excluding carboxylic acids is 1. The summed E-state index contributed by atoms with van der Waals surface area (Å²) in [5, 5.41) is 0. The zero-order valence-corrected chi connectivity index (χ0v) is 22.3. The van der Waals surface area contributed by atoms with Crippen molar-refractivity contribution in [1.82, 2.24) is 9.55 Å². The topological polar surface area (TPSA) is 66.5 Å². The molecule has 0 bridgehead atoms. The summed E-state index contributed by atoms with van der Waals surface area (Å²) in [4.78, 5) is 21.6. The highest BCUT2D eigenvalue weighted by atomic mass is 16.7. The zero-order chi connectivity index (χ0) is 26.6. The van der Waals surface area contributed by atoms with Crippen molar-refractivity contribution in [1.29, 1.82) is 0 Å². The number of rotatable bonds is 8. The van der Waals surface area contributed by atoms with Crippen LogP contribution in [0.25, 0.3) is 0 Å². The third kappa shape index (κ3) is 4.31. The summed E-state index contributed by atoms with van der Waals surface area (Å²) in [5.41, 5.74) is 1.64. The van der Waals surface area contributed by atoms with E-state index in [0.717, 1.165) is 16.8 Å². The molecule has 3 unspecified atom stereocenters. The molecule has 8 heteroatoms. The van der Waals surface area contributed by atoms with Gasteiger partial charge in [-0.3, -0.25) is 4.79 Å². The Hall–Kier alpha value is -3.59. The second-order valence-electron chi connectivity index (χ2n) is 8.92. The van der Waals surface area contributed by atoms with Crippen molar-refractivity contribution in [2.45, 2.75) is 18.7 Å². The number of nitrogens with zero attached hydrogens (tertiary/aromatic N) is 2. The molecule has 0 radical (unpaired) electrons. The lowest BCUT2D eigenvalue weighted by Crippen LogP contribution is -2.74. The van der Waals surface area contributed by atoms with Crippen molar-refractivity contribution in [2.24, 2.45) is 0 Å². The second kappa shape index (κ2) is 10.8. The van der Waals surface area contributed by atoms with Gasteiger partial charge in [-0.2, -0.15) is 4.84 Å². The predicted molar refractivity (Wildman–Crippen MR) is 142 cm³/mol. The van der Waals surface area contributed by atoms with Gasteiger partial charge in [-0.25, -0.2) is 0 Å². The highest BCUT2D eigenvalue weighted by Gasteiger charge is 2.61. The molecule has 37 heavy (non-hydrogen) atoms. The molecule has 1 amide bonds. The molecule has 8 nitrogen and oxygen atoms in total. The van der Waals surface area contributed by atoms with Crippen LogP contribution in [0.15, 0.2) is 72.8 Å². The number of quaternary nitrogens is 1. The van der Waals surface area contributed by atoms with Crippen molar-refractivity contribution >= 4 is 11.6 Å². The number of ether oxygens (including phenoxy) is 4. The van der Waals surface area contributed by atoms with Crippen LogP contribution in [-0.2, 0) is 19.9 Å². The van der Waals surface area contributed by atoms with E-state index in [9.17, 15) is 4.79 Å². The van der Waals surface area contributed by atoms with E-state index in [1.54, 1.807) is 42.5 Å². The number of para-hydroxylation sites is 2. The van der Waals surface area contributed by atoms with E-state index in [2.05, 4.69) is 0 Å². The van der Waals surface area contributed by atoms with Gasteiger partial charge in [0.05, 0.1) is 28.4 Å². The molecule has 3 aromatic rings. The summed E-state index contributed by atoms with van der Waals surface area (Å²) >= 11 is 0. The first-order valence-corrected chi connectivity index (χ1v) is 12.1. The molecule has 0 aromatic heterocycles. The van der Waals surface area contributed by atoms with Crippen LogP contribution in [0.4, 0.5) is 5.69 Å². The Morgan fingerprint density at radius 2 is 1.46 bits per heavy atom. The lowest BCUT2D eigenvalue weighted by atomic mass is 9.78. The molecule has 1 saturated heterocycles. The summed E-state index contributed by atoms with van der Waals surface area (Å²) in [6.07, 6.45) is -0.526. The highest BCUT2D eigenvalue weighted by molar-refractivity contribution is 5.76. The Bertz CT molecular complexity index is 1240. The third-order valence-electron chi connectivity index (χ3n) is 7.31. The zero-order valence-electron chi connectivity index (χ0n) is 22.3. The molecule has 1 aliphatic rings. The molecule has 0 saturated carbocycles. The molecular formula is C29H35N2O6+. The first-order valence-electron chi connectivity index (χ1n) is 12.1. The highest BCUT2D eigenvalue weighted by Crippen LogP contribution is 2.49. The molecule has 1 heterocycles. The number of benzene rings is 3. The van der Waals surface area contributed by atoms with Gasteiger partial charge in [-0.15, -0.1) is 4.65 Å². The van der Waals surface area contributed by atoms with Gasteiger partial charge in [-0.1, -0.05) is 48.5 Å². The first-order chi connectivity index (χ1) is 17.9. The maximum atomic E-state index is 13.4. The Kier molecular flexibility index (Phi) is 7.73. The van der Waals surface area contributed by atoms with Gasteiger partial charge in [-0.05, 0) is 29.3 Å². The molecule has 1 fully saturated rings. The van der Waals surface area contributed by atoms with Crippen LogP contribution in [0.1, 0.15) is 18.1 Å². The van der Waals surface area contributed by atoms with Crippen molar-refractivity contribution < 1.29 is 28.6 Å². The van der Waals surface area contributed by atoms with Crippen molar-refractivity contribution in [2.75, 3.05) is 48.6 Å². The van der Waals surface area contributed by atoms with Crippen LogP contribution in [0.3, 0.4) is 0 Å². The largest absolute Gasteiger partial charge is 0.493 e. The Balaban J connectivity index is 2.08. The quantitative estimate of drug-likeness (QED) is 0.422. The van der Waals surface area contributed by atoms with Gasteiger partial charge >= 0.3 is 0 Å². The van der Waals surface area contributed by atoms with Crippen molar-refractivity contribution in [3.63, 3.8) is 0 Å². The summed E-state index contributed by atoms with van der Waals surface area (Å²) < 4.78 is 23.0. The molecule has 3 aromatic carbocycles. The van der Waals surface area contributed by atoms with Crippen LogP contribution in [0.2, 0.25) is 0 Å². The average Bonchev–Trinajstić information content (AvgIpc) is 2.96. The van der Waals surface area contributed by atoms with E-state index < -0.39 is 11.8 Å². The van der Waals surface area contributed by atoms with E-state index in [4.69, 9.17) is 23.8 Å². The first kappa shape index (κ1) is 26.5. The number of methoxy groups -OCH3 is 4. The van der Waals surface area contributed by atoms with Crippen LogP contribution < -0.4 is 18.9 Å². The molecule has 1 aliphatic heterocycles. The molecule has 0 aliphatic carbocycles. The molecule has 0 spiro atoms. The number of piperazine rings is 1. The summed E-state index contributed by atoms with van der Waals surface area (Å²) in [6, 6.07) is 23.5. The van der Waals surface area contributed by atoms with E-state index >= 15 is 0 Å². The van der Waals surface area contributed by atoms with Crippen LogP contribution in [0.5, 0.6) is 17.2 Å². The number of hydrogen-bond acceptors (Lipinski definition) is 6. The second-order valence-corrected chi connectivity index (χ2v) is 8.92. The van der Waals surface area contributed by atoms with Crippen molar-refractivity contribution in [3.8, 4) is 17.2 Å². The Labute approximate surface area is 218 Å². The van der Waals surface area contributed by atoms with Gasteiger partial charge in [0.1, 0.15) is 18.6 Å². The average molecular weight is 508 g/mol. The van der Waals surface area contributed by atoms with E-state index in [-0.39, 0.29) is 17.1 Å². The van der Waals surface area contributed by atoms with Crippen LogP contribution in [0, 0.1) is 0 Å². The smallest absolute Gasteiger partial charge is 0.246 e. The fraction of sp³-hybridized carbons (Fsp3) is 0.345. The van der Waals surface area contributed by atoms with Crippen LogP contribution in [-0.4, -0.2) is 65.7 Å². The number of carbonyl (C=O) groups is 1. The monoisotopic (exact) mass is 507 g/mol. The molecular weight excluding hydrogens is 472 g/mol.